The summed E-state index contributed by atoms with van der Waals surface area (Å²) in [5.41, 5.74) is 2.58. The van der Waals surface area contributed by atoms with Gasteiger partial charge in [0.05, 0.1) is 6.54 Å². The van der Waals surface area contributed by atoms with Crippen molar-refractivity contribution in [3.63, 3.8) is 0 Å². The van der Waals surface area contributed by atoms with E-state index in [0.717, 1.165) is 25.2 Å². The monoisotopic (exact) mass is 288 g/mol. The van der Waals surface area contributed by atoms with Gasteiger partial charge in [0.25, 0.3) is 5.91 Å². The maximum atomic E-state index is 11.4. The standard InChI is InChI=1S/C15H20N4O2/c1-2-4-14-17-7-8-19(14)9-10-21-13-6-3-5-12(11-13)15(20)18-16/h3,5-8,11H,2,4,9-10,16H2,1H3,(H,18,20). The first-order chi connectivity index (χ1) is 10.2. The zero-order valence-electron chi connectivity index (χ0n) is 12.1. The molecule has 2 aromatic rings. The predicted octanol–water partition coefficient (Wildman–Crippen LogP) is 1.52. The van der Waals surface area contributed by atoms with Gasteiger partial charge in [-0.3, -0.25) is 10.2 Å². The van der Waals surface area contributed by atoms with Crippen LogP contribution in [0.1, 0.15) is 29.5 Å². The number of rotatable bonds is 7. The molecule has 1 aromatic heterocycles. The molecule has 0 fully saturated rings. The van der Waals surface area contributed by atoms with Crippen molar-refractivity contribution in [2.24, 2.45) is 5.84 Å². The predicted molar refractivity (Wildman–Crippen MR) is 79.8 cm³/mol. The molecule has 1 aromatic carbocycles. The van der Waals surface area contributed by atoms with Crippen LogP contribution in [0, 0.1) is 0 Å². The van der Waals surface area contributed by atoms with Crippen molar-refractivity contribution < 1.29 is 9.53 Å². The highest BCUT2D eigenvalue weighted by molar-refractivity contribution is 5.94. The summed E-state index contributed by atoms with van der Waals surface area (Å²) < 4.78 is 7.76. The van der Waals surface area contributed by atoms with Crippen LogP contribution in [0.25, 0.3) is 0 Å². The van der Waals surface area contributed by atoms with Gasteiger partial charge < -0.3 is 9.30 Å². The number of hydrogen-bond acceptors (Lipinski definition) is 4. The minimum Gasteiger partial charge on any atom is -0.492 e. The molecule has 3 N–H and O–H groups in total. The molecule has 0 spiro atoms. The lowest BCUT2D eigenvalue weighted by atomic mass is 10.2. The Balaban J connectivity index is 1.91. The van der Waals surface area contributed by atoms with Gasteiger partial charge in [0.15, 0.2) is 0 Å². The van der Waals surface area contributed by atoms with Crippen molar-refractivity contribution in [2.75, 3.05) is 6.61 Å². The minimum atomic E-state index is -0.333. The molecular formula is C15H20N4O2. The summed E-state index contributed by atoms with van der Waals surface area (Å²) in [7, 11) is 0. The molecule has 1 amide bonds. The number of imidazole rings is 1. The summed E-state index contributed by atoms with van der Waals surface area (Å²) in [6.45, 7) is 3.37. The van der Waals surface area contributed by atoms with Gasteiger partial charge in [0.1, 0.15) is 18.2 Å². The molecule has 1 heterocycles. The van der Waals surface area contributed by atoms with Gasteiger partial charge in [-0.2, -0.15) is 0 Å². The van der Waals surface area contributed by atoms with E-state index < -0.39 is 0 Å². The second-order valence-corrected chi connectivity index (χ2v) is 4.64. The smallest absolute Gasteiger partial charge is 0.265 e. The normalized spacial score (nSPS) is 10.4. The summed E-state index contributed by atoms with van der Waals surface area (Å²) in [4.78, 5) is 15.8. The molecule has 0 unspecified atom stereocenters. The number of hydrogen-bond donors (Lipinski definition) is 2. The Morgan fingerprint density at radius 3 is 3.10 bits per heavy atom. The van der Waals surface area contributed by atoms with E-state index in [-0.39, 0.29) is 5.91 Å². The minimum absolute atomic E-state index is 0.333. The average Bonchev–Trinajstić information content (AvgIpc) is 2.94. The molecule has 2 rings (SSSR count). The van der Waals surface area contributed by atoms with Crippen molar-refractivity contribution in [1.29, 1.82) is 0 Å². The third kappa shape index (κ3) is 4.06. The molecule has 0 aliphatic carbocycles. The van der Waals surface area contributed by atoms with E-state index in [0.29, 0.717) is 17.9 Å². The number of aryl methyl sites for hydroxylation is 1. The molecule has 21 heavy (non-hydrogen) atoms. The molecule has 0 atom stereocenters. The number of nitrogens with zero attached hydrogens (tertiary/aromatic N) is 2. The summed E-state index contributed by atoms with van der Waals surface area (Å²) in [5.74, 6) is 6.49. The van der Waals surface area contributed by atoms with Crippen LogP contribution < -0.4 is 16.0 Å². The van der Waals surface area contributed by atoms with E-state index in [4.69, 9.17) is 10.6 Å². The van der Waals surface area contributed by atoms with Crippen LogP contribution in [-0.2, 0) is 13.0 Å². The molecule has 0 saturated heterocycles. The van der Waals surface area contributed by atoms with Crippen LogP contribution in [0.4, 0.5) is 0 Å². The highest BCUT2D eigenvalue weighted by Gasteiger charge is 2.05. The van der Waals surface area contributed by atoms with Gasteiger partial charge in [-0.25, -0.2) is 10.8 Å². The van der Waals surface area contributed by atoms with E-state index in [2.05, 4.69) is 21.9 Å². The van der Waals surface area contributed by atoms with Crippen LogP contribution in [0.15, 0.2) is 36.7 Å². The van der Waals surface area contributed by atoms with Gasteiger partial charge >= 0.3 is 0 Å². The topological polar surface area (TPSA) is 82.2 Å². The first-order valence-electron chi connectivity index (χ1n) is 6.98. The van der Waals surface area contributed by atoms with Crippen LogP contribution >= 0.6 is 0 Å². The van der Waals surface area contributed by atoms with Gasteiger partial charge in [-0.05, 0) is 24.6 Å². The molecule has 0 radical (unpaired) electrons. The van der Waals surface area contributed by atoms with Crippen LogP contribution in [0.2, 0.25) is 0 Å². The molecular weight excluding hydrogens is 268 g/mol. The second-order valence-electron chi connectivity index (χ2n) is 4.64. The van der Waals surface area contributed by atoms with E-state index in [1.807, 2.05) is 12.3 Å². The zero-order chi connectivity index (χ0) is 15.1. The molecule has 0 bridgehead atoms. The van der Waals surface area contributed by atoms with E-state index >= 15 is 0 Å². The summed E-state index contributed by atoms with van der Waals surface area (Å²) in [6, 6.07) is 6.93. The Labute approximate surface area is 123 Å². The van der Waals surface area contributed by atoms with Crippen LogP contribution in [-0.4, -0.2) is 22.1 Å². The van der Waals surface area contributed by atoms with E-state index in [1.54, 1.807) is 24.4 Å². The number of carbonyl (C=O) groups excluding carboxylic acids is 1. The second kappa shape index (κ2) is 7.44. The van der Waals surface area contributed by atoms with Gasteiger partial charge in [0, 0.05) is 24.4 Å². The van der Waals surface area contributed by atoms with Crippen molar-refractivity contribution in [3.05, 3.63) is 48.0 Å². The first-order valence-corrected chi connectivity index (χ1v) is 6.98. The fourth-order valence-electron chi connectivity index (χ4n) is 2.07. The van der Waals surface area contributed by atoms with Crippen molar-refractivity contribution in [2.45, 2.75) is 26.3 Å². The third-order valence-corrected chi connectivity index (χ3v) is 3.10. The average molecular weight is 288 g/mol. The molecule has 0 aliphatic rings. The number of carbonyl (C=O) groups is 1. The number of amides is 1. The maximum absolute atomic E-state index is 11.4. The fourth-order valence-corrected chi connectivity index (χ4v) is 2.07. The fraction of sp³-hybridized carbons (Fsp3) is 0.333. The molecule has 6 nitrogen and oxygen atoms in total. The Hall–Kier alpha value is -2.34. The largest absolute Gasteiger partial charge is 0.492 e. The van der Waals surface area contributed by atoms with Gasteiger partial charge in [-0.15, -0.1) is 0 Å². The van der Waals surface area contributed by atoms with Crippen LogP contribution in [0.5, 0.6) is 5.75 Å². The van der Waals surface area contributed by atoms with Crippen LogP contribution in [0.3, 0.4) is 0 Å². The third-order valence-electron chi connectivity index (χ3n) is 3.10. The number of nitrogens with one attached hydrogen (secondary N) is 1. The number of benzene rings is 1. The summed E-state index contributed by atoms with van der Waals surface area (Å²) in [6.07, 6.45) is 5.77. The zero-order valence-corrected chi connectivity index (χ0v) is 12.1. The number of nitrogens with two attached hydrogens (primary N) is 1. The van der Waals surface area contributed by atoms with Crippen molar-refractivity contribution >= 4 is 5.91 Å². The van der Waals surface area contributed by atoms with E-state index in [1.165, 1.54) is 0 Å². The maximum Gasteiger partial charge on any atom is 0.265 e. The summed E-state index contributed by atoms with van der Waals surface area (Å²) >= 11 is 0. The lowest BCUT2D eigenvalue weighted by Crippen LogP contribution is -2.29. The first kappa shape index (κ1) is 15.1. The Morgan fingerprint density at radius 1 is 1.48 bits per heavy atom. The molecule has 0 aliphatic heterocycles. The quantitative estimate of drug-likeness (QED) is 0.460. The number of nitrogen functional groups attached to an aromatic ring is 1. The lowest BCUT2D eigenvalue weighted by Gasteiger charge is -2.10. The molecule has 6 heteroatoms. The van der Waals surface area contributed by atoms with Gasteiger partial charge in [-0.1, -0.05) is 13.0 Å². The van der Waals surface area contributed by atoms with E-state index in [9.17, 15) is 4.79 Å². The highest BCUT2D eigenvalue weighted by atomic mass is 16.5. The molecule has 0 saturated carbocycles. The van der Waals surface area contributed by atoms with Crippen molar-refractivity contribution in [1.82, 2.24) is 15.0 Å². The number of aromatic nitrogens is 2. The Bertz CT molecular complexity index is 595. The molecule has 112 valence electrons. The lowest BCUT2D eigenvalue weighted by molar-refractivity contribution is 0.0953. The highest BCUT2D eigenvalue weighted by Crippen LogP contribution is 2.13. The Kier molecular flexibility index (Phi) is 5.34. The SMILES string of the molecule is CCCc1nccn1CCOc1cccc(C(=O)NN)c1. The Morgan fingerprint density at radius 2 is 2.33 bits per heavy atom. The number of ether oxygens (including phenoxy) is 1. The number of hydrazine groups is 1. The van der Waals surface area contributed by atoms with Crippen molar-refractivity contribution in [3.8, 4) is 5.75 Å². The van der Waals surface area contributed by atoms with Gasteiger partial charge in [0.2, 0.25) is 0 Å². The summed E-state index contributed by atoms with van der Waals surface area (Å²) in [5, 5.41) is 0.